The quantitative estimate of drug-likeness (QED) is 0.780. The highest BCUT2D eigenvalue weighted by atomic mass is 35.5. The number of hydrogen-bond donors (Lipinski definition) is 2. The van der Waals surface area contributed by atoms with E-state index in [9.17, 15) is 4.79 Å². The van der Waals surface area contributed by atoms with Crippen LogP contribution in [0.2, 0.25) is 0 Å². The van der Waals surface area contributed by atoms with Crippen LogP contribution >= 0.6 is 12.4 Å². The second kappa shape index (κ2) is 5.55. The van der Waals surface area contributed by atoms with Crippen molar-refractivity contribution in [3.05, 3.63) is 0 Å². The smallest absolute Gasteiger partial charge is 0.226 e. The van der Waals surface area contributed by atoms with Crippen molar-refractivity contribution in [2.45, 2.75) is 38.1 Å². The van der Waals surface area contributed by atoms with Crippen LogP contribution < -0.4 is 10.6 Å². The van der Waals surface area contributed by atoms with Crippen molar-refractivity contribution < 1.29 is 9.53 Å². The number of halogens is 1. The minimum Gasteiger partial charge on any atom is -0.383 e. The lowest BCUT2D eigenvalue weighted by molar-refractivity contribution is -0.126. The molecule has 5 heteroatoms. The number of methoxy groups -OCH3 is 1. The maximum Gasteiger partial charge on any atom is 0.226 e. The summed E-state index contributed by atoms with van der Waals surface area (Å²) < 4.78 is 5.25. The average molecular weight is 263 g/mol. The van der Waals surface area contributed by atoms with E-state index in [0.717, 1.165) is 32.2 Å². The number of amides is 1. The molecular weight excluding hydrogens is 240 g/mol. The van der Waals surface area contributed by atoms with Crippen LogP contribution in [0.1, 0.15) is 32.6 Å². The molecule has 2 aliphatic rings. The number of rotatable bonds is 5. The first-order valence-electron chi connectivity index (χ1n) is 6.13. The molecule has 0 aromatic carbocycles. The van der Waals surface area contributed by atoms with Gasteiger partial charge in [0.1, 0.15) is 0 Å². The van der Waals surface area contributed by atoms with Crippen molar-refractivity contribution in [1.29, 1.82) is 0 Å². The fourth-order valence-corrected chi connectivity index (χ4v) is 2.35. The minimum atomic E-state index is -0.0765. The summed E-state index contributed by atoms with van der Waals surface area (Å²) in [7, 11) is 1.71. The lowest BCUT2D eigenvalue weighted by Gasteiger charge is -2.29. The molecule has 1 aliphatic carbocycles. The Morgan fingerprint density at radius 1 is 1.41 bits per heavy atom. The molecule has 2 fully saturated rings. The second-order valence-corrected chi connectivity index (χ2v) is 5.49. The summed E-state index contributed by atoms with van der Waals surface area (Å²) in [6.07, 6.45) is 4.31. The third-order valence-electron chi connectivity index (χ3n) is 3.89. The first-order valence-corrected chi connectivity index (χ1v) is 6.13. The summed E-state index contributed by atoms with van der Waals surface area (Å²) in [4.78, 5) is 11.9. The van der Waals surface area contributed by atoms with E-state index in [1.165, 1.54) is 0 Å². The fraction of sp³-hybridized carbons (Fsp3) is 0.917. The van der Waals surface area contributed by atoms with E-state index in [4.69, 9.17) is 4.74 Å². The Morgan fingerprint density at radius 3 is 2.59 bits per heavy atom. The predicted octanol–water partition coefficient (Wildman–Crippen LogP) is 1.09. The Bertz CT molecular complexity index is 274. The van der Waals surface area contributed by atoms with Crippen LogP contribution in [0.25, 0.3) is 0 Å². The number of ether oxygens (including phenoxy) is 1. The van der Waals surface area contributed by atoms with Gasteiger partial charge < -0.3 is 15.4 Å². The van der Waals surface area contributed by atoms with Gasteiger partial charge in [-0.15, -0.1) is 12.4 Å². The Hall–Kier alpha value is -0.320. The first kappa shape index (κ1) is 14.7. The molecular formula is C12H23ClN2O2. The van der Waals surface area contributed by atoms with E-state index in [0.29, 0.717) is 13.2 Å². The minimum absolute atomic E-state index is 0. The van der Waals surface area contributed by atoms with Crippen LogP contribution in [0.4, 0.5) is 0 Å². The van der Waals surface area contributed by atoms with Crippen molar-refractivity contribution in [3.8, 4) is 0 Å². The molecule has 1 atom stereocenters. The molecule has 0 aromatic heterocycles. The van der Waals surface area contributed by atoms with E-state index in [-0.39, 0.29) is 29.3 Å². The van der Waals surface area contributed by atoms with Crippen molar-refractivity contribution in [2.75, 3.05) is 26.8 Å². The van der Waals surface area contributed by atoms with Crippen LogP contribution in [0.15, 0.2) is 0 Å². The second-order valence-electron chi connectivity index (χ2n) is 5.49. The molecule has 0 spiro atoms. The Kier molecular flexibility index (Phi) is 4.81. The van der Waals surface area contributed by atoms with Gasteiger partial charge in [-0.3, -0.25) is 4.79 Å². The van der Waals surface area contributed by atoms with E-state index in [2.05, 4.69) is 10.6 Å². The Labute approximate surface area is 109 Å². The fourth-order valence-electron chi connectivity index (χ4n) is 2.35. The summed E-state index contributed by atoms with van der Waals surface area (Å²) in [5, 5.41) is 6.53. The highest BCUT2D eigenvalue weighted by Gasteiger charge is 2.45. The van der Waals surface area contributed by atoms with E-state index < -0.39 is 0 Å². The summed E-state index contributed by atoms with van der Waals surface area (Å²) in [6, 6.07) is 0. The van der Waals surface area contributed by atoms with Crippen LogP contribution in [0.5, 0.6) is 0 Å². The van der Waals surface area contributed by atoms with Gasteiger partial charge in [0.05, 0.1) is 12.1 Å². The zero-order valence-corrected chi connectivity index (χ0v) is 11.5. The normalized spacial score (nSPS) is 29.5. The van der Waals surface area contributed by atoms with Gasteiger partial charge in [-0.25, -0.2) is 0 Å². The summed E-state index contributed by atoms with van der Waals surface area (Å²) in [6.45, 7) is 4.42. The molecule has 0 bridgehead atoms. The molecule has 1 amide bonds. The molecule has 4 nitrogen and oxygen atoms in total. The standard InChI is InChI=1S/C12H22N2O2.ClH/c1-11(5-6-11)10(15)13-8-12(9-16-2)4-3-7-14-12;/h14H,3-9H2,1-2H3,(H,13,15);1H. The van der Waals surface area contributed by atoms with Crippen LogP contribution in [-0.4, -0.2) is 38.3 Å². The van der Waals surface area contributed by atoms with E-state index >= 15 is 0 Å². The van der Waals surface area contributed by atoms with Gasteiger partial charge in [-0.2, -0.15) is 0 Å². The molecule has 2 rings (SSSR count). The van der Waals surface area contributed by atoms with Gasteiger partial charge in [0, 0.05) is 19.1 Å². The van der Waals surface area contributed by atoms with Gasteiger partial charge in [0.2, 0.25) is 5.91 Å². The lowest BCUT2D eigenvalue weighted by atomic mass is 9.98. The van der Waals surface area contributed by atoms with Crippen molar-refractivity contribution >= 4 is 18.3 Å². The summed E-state index contributed by atoms with van der Waals surface area (Å²) in [5.41, 5.74) is -0.109. The predicted molar refractivity (Wildman–Crippen MR) is 69.4 cm³/mol. The Morgan fingerprint density at radius 2 is 2.12 bits per heavy atom. The molecule has 1 saturated heterocycles. The summed E-state index contributed by atoms with van der Waals surface area (Å²) in [5.74, 6) is 0.205. The van der Waals surface area contributed by atoms with Crippen molar-refractivity contribution in [3.63, 3.8) is 0 Å². The van der Waals surface area contributed by atoms with Gasteiger partial charge in [0.25, 0.3) is 0 Å². The molecule has 1 saturated carbocycles. The molecule has 1 unspecified atom stereocenters. The van der Waals surface area contributed by atoms with Crippen molar-refractivity contribution in [1.82, 2.24) is 10.6 Å². The van der Waals surface area contributed by atoms with Gasteiger partial charge >= 0.3 is 0 Å². The number of nitrogens with one attached hydrogen (secondary N) is 2. The first-order chi connectivity index (χ1) is 7.60. The topological polar surface area (TPSA) is 50.4 Å². The Balaban J connectivity index is 0.00000144. The number of hydrogen-bond acceptors (Lipinski definition) is 3. The van der Waals surface area contributed by atoms with Crippen LogP contribution in [0, 0.1) is 5.41 Å². The SMILES string of the molecule is COCC1(CNC(=O)C2(C)CC2)CCCN1.Cl. The maximum absolute atomic E-state index is 11.9. The molecule has 2 N–H and O–H groups in total. The number of carbonyl (C=O) groups excluding carboxylic acids is 1. The molecule has 17 heavy (non-hydrogen) atoms. The largest absolute Gasteiger partial charge is 0.383 e. The van der Waals surface area contributed by atoms with Gasteiger partial charge in [0.15, 0.2) is 0 Å². The zero-order chi connectivity index (χ0) is 11.6. The maximum atomic E-state index is 11.9. The number of carbonyl (C=O) groups is 1. The lowest BCUT2D eigenvalue weighted by Crippen LogP contribution is -2.53. The van der Waals surface area contributed by atoms with Gasteiger partial charge in [-0.05, 0) is 32.2 Å². The van der Waals surface area contributed by atoms with Gasteiger partial charge in [-0.1, -0.05) is 6.92 Å². The monoisotopic (exact) mass is 262 g/mol. The molecule has 0 radical (unpaired) electrons. The van der Waals surface area contributed by atoms with E-state index in [1.54, 1.807) is 7.11 Å². The summed E-state index contributed by atoms with van der Waals surface area (Å²) >= 11 is 0. The highest BCUT2D eigenvalue weighted by molar-refractivity contribution is 5.85. The average Bonchev–Trinajstić information content (AvgIpc) is 2.85. The molecule has 100 valence electrons. The van der Waals surface area contributed by atoms with E-state index in [1.807, 2.05) is 6.92 Å². The zero-order valence-electron chi connectivity index (χ0n) is 10.7. The molecule has 0 aromatic rings. The van der Waals surface area contributed by atoms with Crippen molar-refractivity contribution in [2.24, 2.45) is 5.41 Å². The van der Waals surface area contributed by atoms with Crippen LogP contribution in [-0.2, 0) is 9.53 Å². The third-order valence-corrected chi connectivity index (χ3v) is 3.89. The highest BCUT2D eigenvalue weighted by Crippen LogP contribution is 2.45. The third kappa shape index (κ3) is 3.33. The van der Waals surface area contributed by atoms with Crippen LogP contribution in [0.3, 0.4) is 0 Å². The molecule has 1 heterocycles. The molecule has 1 aliphatic heterocycles.